The van der Waals surface area contributed by atoms with Gasteiger partial charge in [0.25, 0.3) is 5.91 Å². The van der Waals surface area contributed by atoms with Crippen LogP contribution in [0.4, 0.5) is 5.69 Å². The van der Waals surface area contributed by atoms with E-state index >= 15 is 0 Å². The van der Waals surface area contributed by atoms with E-state index in [4.69, 9.17) is 14.2 Å². The number of pyridine rings is 1. The van der Waals surface area contributed by atoms with Crippen LogP contribution in [-0.4, -0.2) is 42.9 Å². The molecular formula is C19H30N2O4. The first-order valence-corrected chi connectivity index (χ1v) is 9.25. The third-order valence-corrected chi connectivity index (χ3v) is 4.40. The third-order valence-electron chi connectivity index (χ3n) is 4.40. The molecule has 0 aliphatic heterocycles. The fourth-order valence-corrected chi connectivity index (χ4v) is 3.02. The van der Waals surface area contributed by atoms with Crippen LogP contribution in [0.15, 0.2) is 12.1 Å². The number of amides is 1. The molecule has 1 aromatic heterocycles. The largest absolute Gasteiger partial charge is 0.475 e. The van der Waals surface area contributed by atoms with E-state index in [-0.39, 0.29) is 5.91 Å². The molecule has 0 atom stereocenters. The van der Waals surface area contributed by atoms with Crippen molar-refractivity contribution in [1.82, 2.24) is 4.98 Å². The number of ether oxygens (including phenoxy) is 3. The summed E-state index contributed by atoms with van der Waals surface area (Å²) in [7, 11) is 0. The van der Waals surface area contributed by atoms with Gasteiger partial charge in [0.05, 0.1) is 18.0 Å². The van der Waals surface area contributed by atoms with Gasteiger partial charge in [-0.05, 0) is 52.0 Å². The monoisotopic (exact) mass is 350 g/mol. The van der Waals surface area contributed by atoms with E-state index in [9.17, 15) is 4.79 Å². The van der Waals surface area contributed by atoms with Crippen LogP contribution in [0.1, 0.15) is 51.6 Å². The Labute approximate surface area is 150 Å². The minimum atomic E-state index is -0.685. The van der Waals surface area contributed by atoms with Gasteiger partial charge in [-0.2, -0.15) is 0 Å². The minimum Gasteiger partial charge on any atom is -0.475 e. The lowest BCUT2D eigenvalue weighted by atomic mass is 10.0. The van der Waals surface area contributed by atoms with Crippen molar-refractivity contribution < 1.29 is 19.0 Å². The van der Waals surface area contributed by atoms with E-state index in [1.807, 2.05) is 19.9 Å². The SMILES string of the molecule is CCCOC1(C(=O)Nc2ccc(OCCOCC)nc2C)CCCC1. The highest BCUT2D eigenvalue weighted by Crippen LogP contribution is 2.35. The number of anilines is 1. The molecule has 1 N–H and O–H groups in total. The summed E-state index contributed by atoms with van der Waals surface area (Å²) < 4.78 is 16.7. The summed E-state index contributed by atoms with van der Waals surface area (Å²) in [4.78, 5) is 17.2. The smallest absolute Gasteiger partial charge is 0.256 e. The number of hydrogen-bond acceptors (Lipinski definition) is 5. The van der Waals surface area contributed by atoms with E-state index in [0.717, 1.165) is 37.8 Å². The normalized spacial score (nSPS) is 16.0. The molecule has 0 saturated heterocycles. The molecule has 6 nitrogen and oxygen atoms in total. The first kappa shape index (κ1) is 19.7. The Morgan fingerprint density at radius 1 is 1.20 bits per heavy atom. The Morgan fingerprint density at radius 3 is 2.60 bits per heavy atom. The lowest BCUT2D eigenvalue weighted by Gasteiger charge is -2.28. The average molecular weight is 350 g/mol. The van der Waals surface area contributed by atoms with Crippen molar-refractivity contribution in [2.45, 2.75) is 58.5 Å². The van der Waals surface area contributed by atoms with Crippen LogP contribution in [0, 0.1) is 6.92 Å². The van der Waals surface area contributed by atoms with Gasteiger partial charge >= 0.3 is 0 Å². The van der Waals surface area contributed by atoms with Crippen LogP contribution >= 0.6 is 0 Å². The fraction of sp³-hybridized carbons (Fsp3) is 0.684. The van der Waals surface area contributed by atoms with Crippen LogP contribution in [0.3, 0.4) is 0 Å². The quantitative estimate of drug-likeness (QED) is 0.654. The highest BCUT2D eigenvalue weighted by molar-refractivity contribution is 5.98. The van der Waals surface area contributed by atoms with Crippen LogP contribution in [0.2, 0.25) is 0 Å². The number of carbonyl (C=O) groups is 1. The van der Waals surface area contributed by atoms with Crippen molar-refractivity contribution in [2.75, 3.05) is 31.7 Å². The predicted molar refractivity (Wildman–Crippen MR) is 97.0 cm³/mol. The number of carbonyl (C=O) groups excluding carboxylic acids is 1. The number of nitrogens with one attached hydrogen (secondary N) is 1. The number of aromatic nitrogens is 1. The summed E-state index contributed by atoms with van der Waals surface area (Å²) in [5.41, 5.74) is 0.745. The van der Waals surface area contributed by atoms with Gasteiger partial charge in [0.15, 0.2) is 0 Å². The summed E-state index contributed by atoms with van der Waals surface area (Å²) in [6.07, 6.45) is 4.53. The maximum atomic E-state index is 12.8. The Balaban J connectivity index is 1.97. The first-order chi connectivity index (χ1) is 12.1. The molecule has 0 unspecified atom stereocenters. The van der Waals surface area contributed by atoms with Crippen LogP contribution < -0.4 is 10.1 Å². The molecule has 0 spiro atoms. The Kier molecular flexibility index (Phi) is 7.65. The van der Waals surface area contributed by atoms with Crippen molar-refractivity contribution in [3.63, 3.8) is 0 Å². The second-order valence-electron chi connectivity index (χ2n) is 6.33. The molecule has 2 rings (SSSR count). The summed E-state index contributed by atoms with van der Waals surface area (Å²) in [6.45, 7) is 8.13. The maximum Gasteiger partial charge on any atom is 0.256 e. The Bertz CT molecular complexity index is 556. The molecule has 1 fully saturated rings. The van der Waals surface area contributed by atoms with E-state index < -0.39 is 5.60 Å². The highest BCUT2D eigenvalue weighted by Gasteiger charge is 2.42. The van der Waals surface area contributed by atoms with Gasteiger partial charge in [-0.15, -0.1) is 0 Å². The van der Waals surface area contributed by atoms with Crippen LogP contribution in [-0.2, 0) is 14.3 Å². The van der Waals surface area contributed by atoms with E-state index in [2.05, 4.69) is 17.2 Å². The average Bonchev–Trinajstić information content (AvgIpc) is 3.09. The van der Waals surface area contributed by atoms with Gasteiger partial charge in [-0.25, -0.2) is 4.98 Å². The molecule has 140 valence electrons. The molecule has 1 amide bonds. The summed E-state index contributed by atoms with van der Waals surface area (Å²) in [5.74, 6) is 0.473. The number of rotatable bonds is 10. The zero-order valence-corrected chi connectivity index (χ0v) is 15.6. The van der Waals surface area contributed by atoms with Gasteiger partial charge in [-0.3, -0.25) is 4.79 Å². The first-order valence-electron chi connectivity index (χ1n) is 9.25. The molecule has 0 aromatic carbocycles. The fourth-order valence-electron chi connectivity index (χ4n) is 3.02. The van der Waals surface area contributed by atoms with Crippen molar-refractivity contribution >= 4 is 11.6 Å². The molecule has 1 saturated carbocycles. The Hall–Kier alpha value is -1.66. The molecule has 25 heavy (non-hydrogen) atoms. The lowest BCUT2D eigenvalue weighted by Crippen LogP contribution is -2.43. The molecular weight excluding hydrogens is 320 g/mol. The van der Waals surface area contributed by atoms with Gasteiger partial charge in [0.2, 0.25) is 5.88 Å². The summed E-state index contributed by atoms with van der Waals surface area (Å²) in [5, 5.41) is 3.00. The van der Waals surface area contributed by atoms with Crippen LogP contribution in [0.5, 0.6) is 5.88 Å². The van der Waals surface area contributed by atoms with Crippen molar-refractivity contribution in [1.29, 1.82) is 0 Å². The van der Waals surface area contributed by atoms with Crippen LogP contribution in [0.25, 0.3) is 0 Å². The van der Waals surface area contributed by atoms with Crippen molar-refractivity contribution in [3.05, 3.63) is 17.8 Å². The molecule has 1 aliphatic carbocycles. The molecule has 1 heterocycles. The second kappa shape index (κ2) is 9.73. The van der Waals surface area contributed by atoms with E-state index in [1.165, 1.54) is 0 Å². The van der Waals surface area contributed by atoms with Gasteiger partial charge in [0.1, 0.15) is 12.2 Å². The number of hydrogen-bond donors (Lipinski definition) is 1. The van der Waals surface area contributed by atoms with E-state index in [0.29, 0.717) is 38.0 Å². The molecule has 6 heteroatoms. The van der Waals surface area contributed by atoms with Gasteiger partial charge in [-0.1, -0.05) is 6.92 Å². The van der Waals surface area contributed by atoms with E-state index in [1.54, 1.807) is 6.07 Å². The molecule has 0 bridgehead atoms. The molecule has 1 aromatic rings. The van der Waals surface area contributed by atoms with Gasteiger partial charge < -0.3 is 19.5 Å². The third kappa shape index (κ3) is 5.41. The Morgan fingerprint density at radius 2 is 1.96 bits per heavy atom. The molecule has 0 radical (unpaired) electrons. The minimum absolute atomic E-state index is 0.0617. The van der Waals surface area contributed by atoms with Crippen molar-refractivity contribution in [2.24, 2.45) is 0 Å². The maximum absolute atomic E-state index is 12.8. The number of nitrogens with zero attached hydrogens (tertiary/aromatic N) is 1. The molecule has 1 aliphatic rings. The summed E-state index contributed by atoms with van der Waals surface area (Å²) in [6, 6.07) is 3.60. The van der Waals surface area contributed by atoms with Gasteiger partial charge in [0, 0.05) is 19.3 Å². The zero-order chi connectivity index (χ0) is 18.1. The summed E-state index contributed by atoms with van der Waals surface area (Å²) >= 11 is 0. The predicted octanol–water partition coefficient (Wildman–Crippen LogP) is 3.48. The standard InChI is InChI=1S/C19H30N2O4/c1-4-12-25-19(10-6-7-11-19)18(22)21-16-8-9-17(20-15(16)3)24-14-13-23-5-2/h8-9H,4-7,10-14H2,1-3H3,(H,21,22). The topological polar surface area (TPSA) is 69.7 Å². The number of aryl methyl sites for hydroxylation is 1. The zero-order valence-electron chi connectivity index (χ0n) is 15.6. The highest BCUT2D eigenvalue weighted by atomic mass is 16.5. The van der Waals surface area contributed by atoms with Crippen molar-refractivity contribution in [3.8, 4) is 5.88 Å². The lowest BCUT2D eigenvalue weighted by molar-refractivity contribution is -0.140. The second-order valence-corrected chi connectivity index (χ2v) is 6.33.